The van der Waals surface area contributed by atoms with Crippen LogP contribution in [0.2, 0.25) is 0 Å². The zero-order valence-corrected chi connectivity index (χ0v) is 13.5. The number of anilines is 1. The Morgan fingerprint density at radius 2 is 1.67 bits per heavy atom. The number of carbonyl (C=O) groups is 2. The monoisotopic (exact) mass is 313 g/mol. The molecule has 118 valence electrons. The number of rotatable bonds is 5. The average Bonchev–Trinajstić information content (AvgIpc) is 2.29. The molecule has 1 rings (SSSR count). The van der Waals surface area contributed by atoms with E-state index in [9.17, 15) is 9.59 Å². The van der Waals surface area contributed by atoms with Crippen molar-refractivity contribution in [3.8, 4) is 0 Å². The van der Waals surface area contributed by atoms with Crippen molar-refractivity contribution in [1.29, 1.82) is 0 Å². The first-order valence-corrected chi connectivity index (χ1v) is 6.68. The van der Waals surface area contributed by atoms with Crippen LogP contribution < -0.4 is 16.4 Å². The van der Waals surface area contributed by atoms with Crippen LogP contribution in [0.4, 0.5) is 5.69 Å². The highest BCUT2D eigenvalue weighted by Gasteiger charge is 2.13. The van der Waals surface area contributed by atoms with Crippen LogP contribution in [0.15, 0.2) is 24.3 Å². The molecule has 0 fully saturated rings. The molecule has 1 aromatic rings. The maximum Gasteiger partial charge on any atom is 0.224 e. The van der Waals surface area contributed by atoms with Crippen molar-refractivity contribution < 1.29 is 9.59 Å². The minimum absolute atomic E-state index is 0. The highest BCUT2D eigenvalue weighted by atomic mass is 35.5. The summed E-state index contributed by atoms with van der Waals surface area (Å²) in [7, 11) is 0. The van der Waals surface area contributed by atoms with Crippen LogP contribution in [0.5, 0.6) is 0 Å². The lowest BCUT2D eigenvalue weighted by molar-refractivity contribution is -0.123. The number of hydrogen-bond donors (Lipinski definition) is 3. The largest absolute Gasteiger partial charge is 0.399 e. The summed E-state index contributed by atoms with van der Waals surface area (Å²) in [6, 6.07) is 7.17. The molecule has 0 saturated heterocycles. The Hall–Kier alpha value is -1.75. The van der Waals surface area contributed by atoms with E-state index in [-0.39, 0.29) is 36.2 Å². The molecule has 0 radical (unpaired) electrons. The fraction of sp³-hybridized carbons (Fsp3) is 0.467. The van der Waals surface area contributed by atoms with Crippen LogP contribution in [0.1, 0.15) is 32.8 Å². The Kier molecular flexibility index (Phi) is 7.81. The first-order chi connectivity index (χ1) is 9.26. The Morgan fingerprint density at radius 1 is 1.10 bits per heavy atom. The van der Waals surface area contributed by atoms with Crippen LogP contribution in [0, 0.1) is 0 Å². The summed E-state index contributed by atoms with van der Waals surface area (Å²) in [4.78, 5) is 23.2. The fourth-order valence-electron chi connectivity index (χ4n) is 1.68. The summed E-state index contributed by atoms with van der Waals surface area (Å²) in [6.45, 7) is 6.11. The zero-order chi connectivity index (χ0) is 15.2. The van der Waals surface area contributed by atoms with Crippen LogP contribution in [-0.2, 0) is 16.0 Å². The summed E-state index contributed by atoms with van der Waals surface area (Å²) >= 11 is 0. The molecule has 0 aliphatic rings. The second-order valence-electron chi connectivity index (χ2n) is 5.82. The van der Waals surface area contributed by atoms with Gasteiger partial charge in [0, 0.05) is 24.2 Å². The maximum absolute atomic E-state index is 11.7. The lowest BCUT2D eigenvalue weighted by Crippen LogP contribution is -2.42. The topological polar surface area (TPSA) is 84.2 Å². The van der Waals surface area contributed by atoms with Crippen molar-refractivity contribution in [3.05, 3.63) is 29.8 Å². The summed E-state index contributed by atoms with van der Waals surface area (Å²) in [6.07, 6.45) is 0.575. The first-order valence-electron chi connectivity index (χ1n) is 6.68. The molecule has 5 nitrogen and oxygen atoms in total. The number of halogens is 1. The second-order valence-corrected chi connectivity index (χ2v) is 5.82. The van der Waals surface area contributed by atoms with Gasteiger partial charge in [-0.1, -0.05) is 12.1 Å². The lowest BCUT2D eigenvalue weighted by atomic mass is 10.1. The molecule has 0 aromatic heterocycles. The summed E-state index contributed by atoms with van der Waals surface area (Å²) in [5, 5.41) is 5.58. The molecule has 2 amide bonds. The Morgan fingerprint density at radius 3 is 2.19 bits per heavy atom. The van der Waals surface area contributed by atoms with Gasteiger partial charge >= 0.3 is 0 Å². The maximum atomic E-state index is 11.7. The third-order valence-corrected chi connectivity index (χ3v) is 2.53. The lowest BCUT2D eigenvalue weighted by Gasteiger charge is -2.20. The Balaban J connectivity index is 0.00000400. The van der Waals surface area contributed by atoms with Gasteiger partial charge in [0.05, 0.1) is 6.42 Å². The SMILES string of the molecule is CC(C)(C)NC(=O)CCNC(=O)Cc1ccc(N)cc1.Cl. The van der Waals surface area contributed by atoms with E-state index in [1.807, 2.05) is 32.9 Å². The van der Waals surface area contributed by atoms with Gasteiger partial charge in [0.1, 0.15) is 0 Å². The van der Waals surface area contributed by atoms with Crippen molar-refractivity contribution >= 4 is 29.9 Å². The van der Waals surface area contributed by atoms with Crippen molar-refractivity contribution in [2.75, 3.05) is 12.3 Å². The molecule has 0 heterocycles. The zero-order valence-electron chi connectivity index (χ0n) is 12.7. The smallest absolute Gasteiger partial charge is 0.224 e. The van der Waals surface area contributed by atoms with E-state index >= 15 is 0 Å². The number of nitrogen functional groups attached to an aromatic ring is 1. The van der Waals surface area contributed by atoms with E-state index < -0.39 is 0 Å². The molecule has 0 bridgehead atoms. The minimum atomic E-state index is -0.245. The number of nitrogens with two attached hydrogens (primary N) is 1. The van der Waals surface area contributed by atoms with Crippen molar-refractivity contribution in [2.45, 2.75) is 39.2 Å². The average molecular weight is 314 g/mol. The summed E-state index contributed by atoms with van der Waals surface area (Å²) in [5.74, 6) is -0.163. The van der Waals surface area contributed by atoms with Crippen LogP contribution in [0.25, 0.3) is 0 Å². The van der Waals surface area contributed by atoms with Gasteiger partial charge in [-0.2, -0.15) is 0 Å². The van der Waals surface area contributed by atoms with Crippen LogP contribution in [0.3, 0.4) is 0 Å². The third kappa shape index (κ3) is 8.92. The van der Waals surface area contributed by atoms with Gasteiger partial charge in [0.2, 0.25) is 11.8 Å². The van der Waals surface area contributed by atoms with E-state index in [1.165, 1.54) is 0 Å². The van der Waals surface area contributed by atoms with Crippen LogP contribution in [-0.4, -0.2) is 23.9 Å². The molecular formula is C15H24ClN3O2. The summed E-state index contributed by atoms with van der Waals surface area (Å²) in [5.41, 5.74) is 6.90. The number of benzene rings is 1. The van der Waals surface area contributed by atoms with E-state index in [0.29, 0.717) is 18.7 Å². The van der Waals surface area contributed by atoms with Crippen molar-refractivity contribution in [2.24, 2.45) is 0 Å². The van der Waals surface area contributed by atoms with E-state index in [1.54, 1.807) is 12.1 Å². The van der Waals surface area contributed by atoms with Crippen molar-refractivity contribution in [3.63, 3.8) is 0 Å². The number of hydrogen-bond acceptors (Lipinski definition) is 3. The van der Waals surface area contributed by atoms with Gasteiger partial charge in [-0.3, -0.25) is 9.59 Å². The molecule has 4 N–H and O–H groups in total. The fourth-order valence-corrected chi connectivity index (χ4v) is 1.68. The van der Waals surface area contributed by atoms with E-state index in [2.05, 4.69) is 10.6 Å². The molecule has 0 unspecified atom stereocenters. The molecule has 0 aliphatic carbocycles. The molecule has 0 spiro atoms. The number of nitrogens with one attached hydrogen (secondary N) is 2. The second kappa shape index (κ2) is 8.52. The molecule has 0 aliphatic heterocycles. The normalized spacial score (nSPS) is 10.4. The van der Waals surface area contributed by atoms with Gasteiger partial charge in [-0.25, -0.2) is 0 Å². The van der Waals surface area contributed by atoms with Crippen LogP contribution >= 0.6 is 12.4 Å². The Labute approximate surface area is 132 Å². The quantitative estimate of drug-likeness (QED) is 0.723. The van der Waals surface area contributed by atoms with E-state index in [4.69, 9.17) is 5.73 Å². The molecule has 6 heteroatoms. The summed E-state index contributed by atoms with van der Waals surface area (Å²) < 4.78 is 0. The molecular weight excluding hydrogens is 290 g/mol. The van der Waals surface area contributed by atoms with Gasteiger partial charge in [0.25, 0.3) is 0 Å². The number of carbonyl (C=O) groups excluding carboxylic acids is 2. The predicted octanol–water partition coefficient (Wildman–Crippen LogP) is 1.65. The standard InChI is InChI=1S/C15H23N3O2.ClH/c1-15(2,3)18-13(19)8-9-17-14(20)10-11-4-6-12(16)7-5-11;/h4-7H,8-10,16H2,1-3H3,(H,17,20)(H,18,19);1H. The highest BCUT2D eigenvalue weighted by Crippen LogP contribution is 2.05. The molecule has 1 aromatic carbocycles. The van der Waals surface area contributed by atoms with Crippen molar-refractivity contribution in [1.82, 2.24) is 10.6 Å². The van der Waals surface area contributed by atoms with Gasteiger partial charge < -0.3 is 16.4 Å². The van der Waals surface area contributed by atoms with Gasteiger partial charge in [-0.05, 0) is 38.5 Å². The Bertz CT molecular complexity index is 467. The molecule has 0 atom stereocenters. The first kappa shape index (κ1) is 19.2. The minimum Gasteiger partial charge on any atom is -0.399 e. The highest BCUT2D eigenvalue weighted by molar-refractivity contribution is 5.85. The molecule has 0 saturated carbocycles. The van der Waals surface area contributed by atoms with Gasteiger partial charge in [-0.15, -0.1) is 12.4 Å². The number of amides is 2. The molecule has 21 heavy (non-hydrogen) atoms. The third-order valence-electron chi connectivity index (χ3n) is 2.53. The predicted molar refractivity (Wildman–Crippen MR) is 87.3 cm³/mol. The van der Waals surface area contributed by atoms with Gasteiger partial charge in [0.15, 0.2) is 0 Å². The van der Waals surface area contributed by atoms with E-state index in [0.717, 1.165) is 5.56 Å².